The van der Waals surface area contributed by atoms with Crippen LogP contribution in [0.1, 0.15) is 92.1 Å². The van der Waals surface area contributed by atoms with E-state index in [4.69, 9.17) is 54.8 Å². The molecule has 14 atom stereocenters. The lowest BCUT2D eigenvalue weighted by molar-refractivity contribution is -0.254. The van der Waals surface area contributed by atoms with Crippen molar-refractivity contribution in [3.63, 3.8) is 0 Å². The monoisotopic (exact) mass is 1160 g/mol. The molecule has 440 valence electrons. The molecule has 2 aromatic carbocycles. The number of rotatable bonds is 12. The summed E-state index contributed by atoms with van der Waals surface area (Å²) in [6.07, 6.45) is -4.17. The number of fused-ring (bicyclic) bond motifs is 14. The lowest BCUT2D eigenvalue weighted by Crippen LogP contribution is -2.66. The van der Waals surface area contributed by atoms with Gasteiger partial charge in [0.2, 0.25) is 0 Å². The van der Waals surface area contributed by atoms with Crippen LogP contribution in [0.3, 0.4) is 0 Å². The second-order valence-corrected chi connectivity index (χ2v) is 21.4. The number of carbonyl (C=O) groups excluding carboxylic acids is 7. The van der Waals surface area contributed by atoms with Crippen LogP contribution in [0, 0.1) is 30.6 Å². The summed E-state index contributed by atoms with van der Waals surface area (Å²) in [6.45, 7) is 15.9. The van der Waals surface area contributed by atoms with Crippen molar-refractivity contribution in [2.24, 2.45) is 23.7 Å². The van der Waals surface area contributed by atoms with Gasteiger partial charge in [0.25, 0.3) is 11.7 Å². The van der Waals surface area contributed by atoms with E-state index in [9.17, 15) is 59.1 Å². The molecular formula is C54H71N3O21S2. The number of carbonyl (C=O) groups is 7. The molecule has 2 aromatic rings. The number of methoxy groups -OCH3 is 1. The molecule has 80 heavy (non-hydrogen) atoms. The molecule has 0 saturated carbocycles. The largest absolute Gasteiger partial charge is 0.507 e. The molecule has 1 fully saturated rings. The van der Waals surface area contributed by atoms with Gasteiger partial charge in [0.05, 0.1) is 40.4 Å². The zero-order valence-electron chi connectivity index (χ0n) is 46.6. The van der Waals surface area contributed by atoms with Gasteiger partial charge in [0.15, 0.2) is 35.4 Å². The smallest absolute Gasteiger partial charge is 0.312 e. The van der Waals surface area contributed by atoms with Crippen molar-refractivity contribution in [2.75, 3.05) is 31.3 Å². The van der Waals surface area contributed by atoms with Crippen LogP contribution < -0.4 is 20.7 Å². The number of aliphatic hydroxyl groups excluding tert-OH is 2. The lowest BCUT2D eigenvalue weighted by Gasteiger charge is -2.44. The molecule has 4 heterocycles. The number of hydrogen-bond acceptors (Lipinski definition) is 23. The predicted molar refractivity (Wildman–Crippen MR) is 290 cm³/mol. The van der Waals surface area contributed by atoms with E-state index >= 15 is 0 Å². The number of anilines is 1. The number of hydrogen-bond donors (Lipinski definition) is 8. The molecule has 0 aromatic heterocycles. The molecule has 0 radical (unpaired) electrons. The predicted octanol–water partition coefficient (Wildman–Crippen LogP) is 4.39. The van der Waals surface area contributed by atoms with Crippen molar-refractivity contribution >= 4 is 87.1 Å². The molecule has 0 unspecified atom stereocenters. The van der Waals surface area contributed by atoms with Gasteiger partial charge in [0.1, 0.15) is 41.8 Å². The number of nitrogens with one attached hydrogen (secondary N) is 3. The fourth-order valence-electron chi connectivity index (χ4n) is 9.68. The molecule has 4 aliphatic rings. The number of aliphatic hydroxyl groups is 2. The Morgan fingerprint density at radius 1 is 0.775 bits per heavy atom. The first-order valence-corrected chi connectivity index (χ1v) is 26.9. The topological polar surface area (TPSA) is 340 Å². The molecular weight excluding hydrogens is 1090 g/mol. The fraction of sp³-hybridized carbons (Fsp3) is 0.556. The number of amides is 1. The molecule has 26 heteroatoms. The highest BCUT2D eigenvalue weighted by Gasteiger charge is 2.53. The summed E-state index contributed by atoms with van der Waals surface area (Å²) in [5.74, 6) is -12.7. The average Bonchev–Trinajstić information content (AvgIpc) is 3.64. The third-order valence-electron chi connectivity index (χ3n) is 13.8. The van der Waals surface area contributed by atoms with Crippen LogP contribution >= 0.6 is 24.0 Å². The molecule has 5 bridgehead atoms. The maximum absolute atomic E-state index is 14.7. The Bertz CT molecular complexity index is 2820. The first-order chi connectivity index (χ1) is 37.4. The summed E-state index contributed by atoms with van der Waals surface area (Å²) in [7, 11) is 1.39. The van der Waals surface area contributed by atoms with Crippen molar-refractivity contribution in [3.8, 4) is 23.0 Å². The standard InChI is InChI=1S/C54H71N3O21S2/c1-22-15-14-16-23(2)51(69)56-38-42(66)36-35(37-45(27(6)41(36)65)78-54(12,50(37)68)72-19-17-33(70-13)24(3)44(73-29(8)59)26(5)40(64)25(4)39(22)63)43(67)49(38)80-20-18-55-53(79)57-52-48(76-32(11)62)47(75-31(10)61)46(74-30(9)60)34(77-52)21-71-28(7)58/h14-17,19,22,24-26,33-34,39-40,44,46-48,52,63-67H,18,20-21H2,1-13H3,(H,56,69)(H2,55,57,79)/b15-14+,19-17+,23-16-/t22-,24-,25-,26+,33+,34-,39+,40+,44-,46-,47+,48-,52-,54+/m1/s1. The number of esters is 5. The van der Waals surface area contributed by atoms with Crippen LogP contribution in [0.5, 0.6) is 23.0 Å². The van der Waals surface area contributed by atoms with Crippen molar-refractivity contribution in [1.82, 2.24) is 10.6 Å². The molecule has 8 N–H and O–H groups in total. The minimum Gasteiger partial charge on any atom is -0.507 e. The molecule has 0 aliphatic carbocycles. The van der Waals surface area contributed by atoms with E-state index in [1.807, 2.05) is 0 Å². The minimum absolute atomic E-state index is 0.0381. The van der Waals surface area contributed by atoms with E-state index in [0.29, 0.717) is 0 Å². The van der Waals surface area contributed by atoms with Crippen LogP contribution in [0.15, 0.2) is 41.0 Å². The number of Topliss-reactive ketones (excluding diaryl/α,β-unsaturated/α-hetero) is 1. The summed E-state index contributed by atoms with van der Waals surface area (Å²) in [5.41, 5.74) is -0.629. The van der Waals surface area contributed by atoms with E-state index in [2.05, 4.69) is 16.0 Å². The number of allylic oxidation sites excluding steroid dienone is 2. The van der Waals surface area contributed by atoms with Gasteiger partial charge in [-0.1, -0.05) is 45.9 Å². The Kier molecular flexibility index (Phi) is 21.8. The molecule has 4 aliphatic heterocycles. The van der Waals surface area contributed by atoms with Gasteiger partial charge in [-0.15, -0.1) is 11.8 Å². The summed E-state index contributed by atoms with van der Waals surface area (Å²) >= 11 is 6.45. The van der Waals surface area contributed by atoms with E-state index in [1.54, 1.807) is 33.8 Å². The maximum atomic E-state index is 14.7. The Morgan fingerprint density at radius 3 is 1.98 bits per heavy atom. The average molecular weight is 1160 g/mol. The molecule has 24 nitrogen and oxygen atoms in total. The Hall–Kier alpha value is -6.71. The number of ether oxygens (including phenoxy) is 9. The molecule has 1 amide bonds. The van der Waals surface area contributed by atoms with Gasteiger partial charge in [0, 0.05) is 101 Å². The summed E-state index contributed by atoms with van der Waals surface area (Å²) in [4.78, 5) is 89.8. The van der Waals surface area contributed by atoms with Gasteiger partial charge in [-0.05, 0) is 32.1 Å². The van der Waals surface area contributed by atoms with Crippen LogP contribution in [-0.2, 0) is 66.7 Å². The highest BCUT2D eigenvalue weighted by atomic mass is 32.2. The van der Waals surface area contributed by atoms with E-state index in [-0.39, 0.29) is 55.8 Å². The van der Waals surface area contributed by atoms with Gasteiger partial charge in [-0.3, -0.25) is 33.6 Å². The maximum Gasteiger partial charge on any atom is 0.312 e. The lowest BCUT2D eigenvalue weighted by atomic mass is 9.78. The second-order valence-electron chi connectivity index (χ2n) is 19.9. The fourth-order valence-corrected chi connectivity index (χ4v) is 10.8. The summed E-state index contributed by atoms with van der Waals surface area (Å²) in [6, 6.07) is 0. The third kappa shape index (κ3) is 14.6. The van der Waals surface area contributed by atoms with E-state index in [0.717, 1.165) is 45.7 Å². The quantitative estimate of drug-likeness (QED) is 0.0278. The van der Waals surface area contributed by atoms with Crippen molar-refractivity contribution < 1.29 is 102 Å². The number of benzene rings is 2. The zero-order chi connectivity index (χ0) is 59.8. The van der Waals surface area contributed by atoms with E-state index < -0.39 is 155 Å². The number of thioether (sulfide) groups is 1. The van der Waals surface area contributed by atoms with Crippen LogP contribution in [0.25, 0.3) is 10.8 Å². The first kappa shape index (κ1) is 64.1. The number of aromatic hydroxyl groups is 3. The van der Waals surface area contributed by atoms with Gasteiger partial charge in [-0.2, -0.15) is 0 Å². The number of ketones is 1. The van der Waals surface area contributed by atoms with Crippen LogP contribution in [-0.4, -0.2) is 159 Å². The first-order valence-electron chi connectivity index (χ1n) is 25.5. The highest BCUT2D eigenvalue weighted by molar-refractivity contribution is 7.99. The van der Waals surface area contributed by atoms with Crippen molar-refractivity contribution in [3.05, 3.63) is 47.3 Å². The normalized spacial score (nSPS) is 30.5. The van der Waals surface area contributed by atoms with E-state index in [1.165, 1.54) is 53.0 Å². The Labute approximate surface area is 471 Å². The molecule has 0 spiro atoms. The minimum atomic E-state index is -2.17. The van der Waals surface area contributed by atoms with Crippen molar-refractivity contribution in [2.45, 2.75) is 149 Å². The van der Waals surface area contributed by atoms with Gasteiger partial charge < -0.3 is 84.1 Å². The summed E-state index contributed by atoms with van der Waals surface area (Å²) < 4.78 is 51.3. The number of thiocarbonyl (C=S) groups is 1. The zero-order valence-corrected chi connectivity index (χ0v) is 48.2. The Morgan fingerprint density at radius 2 is 1.38 bits per heavy atom. The molecule has 6 rings (SSSR count). The van der Waals surface area contributed by atoms with Crippen LogP contribution in [0.4, 0.5) is 5.69 Å². The number of phenols is 3. The number of phenolic OH excluding ortho intramolecular Hbond substituents is 3. The van der Waals surface area contributed by atoms with Crippen LogP contribution in [0.2, 0.25) is 0 Å². The SMILES string of the molecule is CO[C@H]1/C=C/O[C@@]2(C)Oc3c(C)c(O)c4c(O)c(c(SCCNC(=S)N[C@@H]5O[C@H](COC(C)=O)[C@@H](OC(C)=O)[C@H](OC(C)=O)[C@H]5OC(C)=O)c(O)c4c3C2=O)NC(=O)/C(C)=C\C=C\[C@@H](C)[C@H](O)[C@@H](C)[C@H](O)[C@H](C)[C@H](OC(C)=O)[C@@H]1C. The third-order valence-corrected chi connectivity index (χ3v) is 15.2. The Balaban J connectivity index is 1.56. The van der Waals surface area contributed by atoms with Gasteiger partial charge >= 0.3 is 35.6 Å². The highest BCUT2D eigenvalue weighted by Crippen LogP contribution is 2.57. The van der Waals surface area contributed by atoms with Gasteiger partial charge in [-0.25, -0.2) is 0 Å². The summed E-state index contributed by atoms with van der Waals surface area (Å²) in [5, 5.41) is 66.9. The van der Waals surface area contributed by atoms with Crippen molar-refractivity contribution in [1.29, 1.82) is 0 Å². The second kappa shape index (κ2) is 27.2. The molecule has 1 saturated heterocycles.